The molecule has 0 aromatic rings. The average Bonchev–Trinajstić information content (AvgIpc) is 2.46. The van der Waals surface area contributed by atoms with Crippen LogP contribution in [-0.4, -0.2) is 75.1 Å². The maximum absolute atomic E-state index is 11.9. The first-order chi connectivity index (χ1) is 11.0. The first-order valence-corrected chi connectivity index (χ1v) is 8.01. The first-order valence-electron chi connectivity index (χ1n) is 8.01. The van der Waals surface area contributed by atoms with Crippen molar-refractivity contribution >= 4 is 17.7 Å². The second-order valence-electron chi connectivity index (χ2n) is 5.20. The number of hydrogen-bond donors (Lipinski definition) is 3. The number of amides is 3. The predicted octanol–water partition coefficient (Wildman–Crippen LogP) is -0.897. The van der Waals surface area contributed by atoms with E-state index in [2.05, 4.69) is 16.0 Å². The molecule has 0 saturated heterocycles. The molecular weight excluding hydrogens is 300 g/mol. The zero-order valence-corrected chi connectivity index (χ0v) is 14.4. The third-order valence-electron chi connectivity index (χ3n) is 2.89. The van der Waals surface area contributed by atoms with Crippen molar-refractivity contribution in [1.29, 1.82) is 0 Å². The van der Waals surface area contributed by atoms with Crippen LogP contribution in [0, 0.1) is 0 Å². The molecule has 0 heterocycles. The number of rotatable bonds is 13. The Morgan fingerprint density at radius 1 is 0.870 bits per heavy atom. The van der Waals surface area contributed by atoms with Crippen molar-refractivity contribution in [3.05, 3.63) is 0 Å². The zero-order chi connectivity index (χ0) is 17.5. The minimum atomic E-state index is -0.107. The van der Waals surface area contributed by atoms with Gasteiger partial charge in [0.1, 0.15) is 0 Å². The predicted molar refractivity (Wildman–Crippen MR) is 87.9 cm³/mol. The Morgan fingerprint density at radius 3 is 1.91 bits per heavy atom. The van der Waals surface area contributed by atoms with Crippen LogP contribution in [0.15, 0.2) is 0 Å². The van der Waals surface area contributed by atoms with Crippen LogP contribution >= 0.6 is 0 Å². The van der Waals surface area contributed by atoms with Crippen molar-refractivity contribution < 1.29 is 19.1 Å². The molecule has 8 nitrogen and oxygen atoms in total. The number of hydrogen-bond acceptors (Lipinski definition) is 5. The zero-order valence-electron chi connectivity index (χ0n) is 14.4. The molecule has 0 radical (unpaired) electrons. The molecule has 0 bridgehead atoms. The maximum atomic E-state index is 11.9. The molecule has 8 heteroatoms. The van der Waals surface area contributed by atoms with Crippen LogP contribution in [-0.2, 0) is 19.1 Å². The van der Waals surface area contributed by atoms with E-state index in [1.807, 2.05) is 11.8 Å². The molecule has 0 atom stereocenters. The lowest BCUT2D eigenvalue weighted by Gasteiger charge is -2.22. The minimum Gasteiger partial charge on any atom is -0.380 e. The first kappa shape index (κ1) is 21.3. The number of carbonyl (C=O) groups is 3. The molecule has 3 amide bonds. The summed E-state index contributed by atoms with van der Waals surface area (Å²) in [6.07, 6.45) is 0.952. The van der Waals surface area contributed by atoms with Crippen LogP contribution in [0.4, 0.5) is 0 Å². The molecule has 134 valence electrons. The monoisotopic (exact) mass is 330 g/mol. The van der Waals surface area contributed by atoms with Crippen molar-refractivity contribution in [2.75, 3.05) is 52.5 Å². The molecule has 3 N–H and O–H groups in total. The van der Waals surface area contributed by atoms with Gasteiger partial charge in [0.15, 0.2) is 0 Å². The van der Waals surface area contributed by atoms with E-state index >= 15 is 0 Å². The maximum Gasteiger partial charge on any atom is 0.234 e. The summed E-state index contributed by atoms with van der Waals surface area (Å²) in [6.45, 7) is 8.81. The summed E-state index contributed by atoms with van der Waals surface area (Å²) in [6, 6.07) is 0. The molecule has 0 fully saturated rings. The van der Waals surface area contributed by atoms with Gasteiger partial charge >= 0.3 is 0 Å². The van der Waals surface area contributed by atoms with Crippen molar-refractivity contribution in [3.8, 4) is 0 Å². The van der Waals surface area contributed by atoms with Gasteiger partial charge in [0.05, 0.1) is 13.2 Å². The van der Waals surface area contributed by atoms with E-state index in [4.69, 9.17) is 4.74 Å². The molecule has 0 rings (SSSR count). The van der Waals surface area contributed by atoms with Gasteiger partial charge < -0.3 is 20.7 Å². The van der Waals surface area contributed by atoms with Crippen LogP contribution < -0.4 is 16.0 Å². The van der Waals surface area contributed by atoms with Crippen molar-refractivity contribution in [3.63, 3.8) is 0 Å². The fourth-order valence-corrected chi connectivity index (χ4v) is 1.82. The quantitative estimate of drug-likeness (QED) is 0.380. The highest BCUT2D eigenvalue weighted by Crippen LogP contribution is 1.88. The number of ether oxygens (including phenoxy) is 1. The van der Waals surface area contributed by atoms with Crippen molar-refractivity contribution in [2.45, 2.75) is 27.2 Å². The summed E-state index contributed by atoms with van der Waals surface area (Å²) in [7, 11) is 0. The molecule has 0 saturated carbocycles. The fourth-order valence-electron chi connectivity index (χ4n) is 1.82. The van der Waals surface area contributed by atoms with Gasteiger partial charge in [-0.25, -0.2) is 0 Å². The number of carbonyl (C=O) groups excluding carboxylic acids is 3. The fraction of sp³-hybridized carbons (Fsp3) is 0.800. The van der Waals surface area contributed by atoms with Gasteiger partial charge in [0.25, 0.3) is 0 Å². The van der Waals surface area contributed by atoms with Crippen LogP contribution in [0.25, 0.3) is 0 Å². The topological polar surface area (TPSA) is 99.8 Å². The highest BCUT2D eigenvalue weighted by molar-refractivity contribution is 5.78. The Morgan fingerprint density at radius 2 is 1.43 bits per heavy atom. The third kappa shape index (κ3) is 15.0. The molecule has 23 heavy (non-hydrogen) atoms. The van der Waals surface area contributed by atoms with E-state index in [1.165, 1.54) is 13.8 Å². The summed E-state index contributed by atoms with van der Waals surface area (Å²) in [5.41, 5.74) is 0. The van der Waals surface area contributed by atoms with Gasteiger partial charge in [-0.2, -0.15) is 0 Å². The van der Waals surface area contributed by atoms with Gasteiger partial charge in [-0.15, -0.1) is 0 Å². The van der Waals surface area contributed by atoms with E-state index in [0.717, 1.165) is 6.42 Å². The summed E-state index contributed by atoms with van der Waals surface area (Å²) < 4.78 is 5.30. The number of nitrogens with zero attached hydrogens (tertiary/aromatic N) is 1. The smallest absolute Gasteiger partial charge is 0.234 e. The summed E-state index contributed by atoms with van der Waals surface area (Å²) in [5.74, 6) is -0.315. The van der Waals surface area contributed by atoms with Gasteiger partial charge in [-0.05, 0) is 6.42 Å². The lowest BCUT2D eigenvalue weighted by molar-refractivity contribution is -0.122. The Hall–Kier alpha value is -1.67. The van der Waals surface area contributed by atoms with Crippen LogP contribution in [0.5, 0.6) is 0 Å². The van der Waals surface area contributed by atoms with E-state index in [-0.39, 0.29) is 24.3 Å². The SMILES string of the molecule is CCCOCCNC(=O)CN(CCNC(C)=O)CCNC(C)=O. The summed E-state index contributed by atoms with van der Waals surface area (Å²) >= 11 is 0. The summed E-state index contributed by atoms with van der Waals surface area (Å²) in [4.78, 5) is 35.6. The molecule has 0 aliphatic heterocycles. The standard InChI is InChI=1S/C15H30N4O4/c1-4-10-23-11-7-18-15(22)12-19(8-5-16-13(2)20)9-6-17-14(3)21/h4-12H2,1-3H3,(H,16,20)(H,17,21)(H,18,22). The van der Waals surface area contributed by atoms with Gasteiger partial charge in [-0.1, -0.05) is 6.92 Å². The van der Waals surface area contributed by atoms with Gasteiger partial charge in [-0.3, -0.25) is 19.3 Å². The Labute approximate surface area is 138 Å². The van der Waals surface area contributed by atoms with E-state index in [9.17, 15) is 14.4 Å². The molecule has 0 aromatic carbocycles. The molecule has 0 aliphatic rings. The molecule has 0 aliphatic carbocycles. The normalized spacial score (nSPS) is 10.4. The van der Waals surface area contributed by atoms with Crippen molar-refractivity contribution in [1.82, 2.24) is 20.9 Å². The van der Waals surface area contributed by atoms with Gasteiger partial charge in [0, 0.05) is 53.2 Å². The van der Waals surface area contributed by atoms with Crippen molar-refractivity contribution in [2.24, 2.45) is 0 Å². The van der Waals surface area contributed by atoms with Crippen LogP contribution in [0.3, 0.4) is 0 Å². The van der Waals surface area contributed by atoms with E-state index < -0.39 is 0 Å². The van der Waals surface area contributed by atoms with Gasteiger partial charge in [0.2, 0.25) is 17.7 Å². The lowest BCUT2D eigenvalue weighted by Crippen LogP contribution is -2.44. The van der Waals surface area contributed by atoms with Crippen LogP contribution in [0.2, 0.25) is 0 Å². The average molecular weight is 330 g/mol. The Balaban J connectivity index is 4.06. The molecule has 0 spiro atoms. The van der Waals surface area contributed by atoms with E-state index in [0.29, 0.717) is 45.9 Å². The molecular formula is C15H30N4O4. The highest BCUT2D eigenvalue weighted by Gasteiger charge is 2.10. The highest BCUT2D eigenvalue weighted by atomic mass is 16.5. The molecule has 0 unspecified atom stereocenters. The third-order valence-corrected chi connectivity index (χ3v) is 2.89. The Bertz CT molecular complexity index is 343. The number of nitrogens with one attached hydrogen (secondary N) is 3. The summed E-state index contributed by atoms with van der Waals surface area (Å²) in [5, 5.41) is 8.18. The minimum absolute atomic E-state index is 0.101. The van der Waals surface area contributed by atoms with Crippen LogP contribution in [0.1, 0.15) is 27.2 Å². The molecule has 0 aromatic heterocycles. The lowest BCUT2D eigenvalue weighted by atomic mass is 10.4. The van der Waals surface area contributed by atoms with E-state index in [1.54, 1.807) is 0 Å². The second-order valence-corrected chi connectivity index (χ2v) is 5.20. The largest absolute Gasteiger partial charge is 0.380 e. The second kappa shape index (κ2) is 14.0. The Kier molecular flexibility index (Phi) is 12.9.